The third-order valence-electron chi connectivity index (χ3n) is 3.73. The quantitative estimate of drug-likeness (QED) is 0.743. The molecule has 0 bridgehead atoms. The molecule has 0 aromatic heterocycles. The van der Waals surface area contributed by atoms with Gasteiger partial charge in [-0.15, -0.1) is 0 Å². The summed E-state index contributed by atoms with van der Waals surface area (Å²) < 4.78 is 5.89. The second-order valence-electron chi connectivity index (χ2n) is 5.37. The van der Waals surface area contributed by atoms with Crippen molar-refractivity contribution in [2.24, 2.45) is 5.73 Å². The Morgan fingerprint density at radius 3 is 2.55 bits per heavy atom. The number of nitrogens with two attached hydrogens (primary N) is 1. The number of amides is 2. The van der Waals surface area contributed by atoms with Gasteiger partial charge in [-0.2, -0.15) is 0 Å². The first-order valence-electron chi connectivity index (χ1n) is 7.37. The molecular weight excluding hydrogens is 278 g/mol. The molecule has 2 aromatic rings. The third-order valence-corrected chi connectivity index (χ3v) is 3.73. The highest BCUT2D eigenvalue weighted by atomic mass is 16.5. The van der Waals surface area contributed by atoms with Gasteiger partial charge in [0.1, 0.15) is 11.5 Å². The van der Waals surface area contributed by atoms with E-state index < -0.39 is 6.03 Å². The molecule has 22 heavy (non-hydrogen) atoms. The van der Waals surface area contributed by atoms with Crippen LogP contribution in [0.3, 0.4) is 0 Å². The number of aryl methyl sites for hydroxylation is 2. The summed E-state index contributed by atoms with van der Waals surface area (Å²) in [6, 6.07) is 13.4. The van der Waals surface area contributed by atoms with Gasteiger partial charge in [-0.1, -0.05) is 18.2 Å². The molecule has 1 aliphatic rings. The highest BCUT2D eigenvalue weighted by Gasteiger charge is 2.11. The maximum absolute atomic E-state index is 10.6. The topological polar surface area (TPSA) is 76.4 Å². The molecule has 3 rings (SSSR count). The SMILES string of the molecule is NC(=O)NNCc1ccc(Oc2ccc3c(c2)CCC3)cc1. The normalized spacial score (nSPS) is 12.7. The molecular formula is C17H19N3O2. The Morgan fingerprint density at radius 1 is 1.05 bits per heavy atom. The van der Waals surface area contributed by atoms with E-state index in [0.29, 0.717) is 6.54 Å². The molecule has 0 fully saturated rings. The monoisotopic (exact) mass is 297 g/mol. The van der Waals surface area contributed by atoms with Gasteiger partial charge in [0.25, 0.3) is 0 Å². The highest BCUT2D eigenvalue weighted by molar-refractivity contribution is 5.70. The summed E-state index contributed by atoms with van der Waals surface area (Å²) in [5.74, 6) is 1.67. The zero-order chi connectivity index (χ0) is 15.4. The molecule has 5 nitrogen and oxygen atoms in total. The molecule has 5 heteroatoms. The van der Waals surface area contributed by atoms with Gasteiger partial charge in [0, 0.05) is 6.54 Å². The number of urea groups is 1. The van der Waals surface area contributed by atoms with Crippen molar-refractivity contribution < 1.29 is 9.53 Å². The Labute approximate surface area is 129 Å². The highest BCUT2D eigenvalue weighted by Crippen LogP contribution is 2.28. The summed E-state index contributed by atoms with van der Waals surface area (Å²) in [6.45, 7) is 0.502. The van der Waals surface area contributed by atoms with E-state index in [0.717, 1.165) is 23.5 Å². The molecule has 0 saturated heterocycles. The number of ether oxygens (including phenoxy) is 1. The largest absolute Gasteiger partial charge is 0.457 e. The summed E-state index contributed by atoms with van der Waals surface area (Å²) in [4.78, 5) is 10.6. The minimum atomic E-state index is -0.600. The van der Waals surface area contributed by atoms with Gasteiger partial charge in [-0.3, -0.25) is 5.43 Å². The van der Waals surface area contributed by atoms with E-state index in [9.17, 15) is 4.79 Å². The number of carbonyl (C=O) groups is 1. The lowest BCUT2D eigenvalue weighted by Crippen LogP contribution is -2.40. The Bertz CT molecular complexity index is 668. The standard InChI is InChI=1S/C17H19N3O2/c18-17(21)20-19-11-12-4-7-15(8-5-12)22-16-9-6-13-2-1-3-14(13)10-16/h4-10,19H,1-3,11H2,(H3,18,20,21). The predicted molar refractivity (Wildman–Crippen MR) is 84.5 cm³/mol. The Morgan fingerprint density at radius 2 is 1.77 bits per heavy atom. The number of fused-ring (bicyclic) bond motifs is 1. The van der Waals surface area contributed by atoms with E-state index in [4.69, 9.17) is 10.5 Å². The maximum atomic E-state index is 10.6. The second-order valence-corrected chi connectivity index (χ2v) is 5.37. The predicted octanol–water partition coefficient (Wildman–Crippen LogP) is 2.64. The van der Waals surface area contributed by atoms with Gasteiger partial charge in [-0.25, -0.2) is 10.2 Å². The van der Waals surface area contributed by atoms with E-state index in [1.165, 1.54) is 24.0 Å². The maximum Gasteiger partial charge on any atom is 0.326 e. The molecule has 0 aliphatic heterocycles. The zero-order valence-electron chi connectivity index (χ0n) is 12.3. The Hall–Kier alpha value is -2.53. The van der Waals surface area contributed by atoms with Crippen LogP contribution in [0.5, 0.6) is 11.5 Å². The number of primary amides is 1. The minimum Gasteiger partial charge on any atom is -0.457 e. The fraction of sp³-hybridized carbons (Fsp3) is 0.235. The summed E-state index contributed by atoms with van der Waals surface area (Å²) >= 11 is 0. The average molecular weight is 297 g/mol. The van der Waals surface area contributed by atoms with Crippen LogP contribution in [0.1, 0.15) is 23.1 Å². The first-order chi connectivity index (χ1) is 10.7. The lowest BCUT2D eigenvalue weighted by molar-refractivity contribution is 0.244. The Kier molecular flexibility index (Phi) is 4.25. The zero-order valence-corrected chi connectivity index (χ0v) is 12.3. The van der Waals surface area contributed by atoms with Crippen LogP contribution in [-0.2, 0) is 19.4 Å². The summed E-state index contributed by atoms with van der Waals surface area (Å²) in [5, 5.41) is 0. The average Bonchev–Trinajstić information content (AvgIpc) is 2.96. The number of hydrazine groups is 1. The molecule has 2 amide bonds. The van der Waals surface area contributed by atoms with Crippen LogP contribution in [0.25, 0.3) is 0 Å². The lowest BCUT2D eigenvalue weighted by Gasteiger charge is -2.09. The van der Waals surface area contributed by atoms with Crippen LogP contribution in [0, 0.1) is 0 Å². The molecule has 0 atom stereocenters. The van der Waals surface area contributed by atoms with Crippen LogP contribution < -0.4 is 21.3 Å². The first-order valence-corrected chi connectivity index (χ1v) is 7.37. The van der Waals surface area contributed by atoms with Crippen molar-refractivity contribution in [2.75, 3.05) is 0 Å². The van der Waals surface area contributed by atoms with E-state index in [-0.39, 0.29) is 0 Å². The number of rotatable bonds is 5. The molecule has 4 N–H and O–H groups in total. The van der Waals surface area contributed by atoms with Gasteiger partial charge in [0.05, 0.1) is 0 Å². The van der Waals surface area contributed by atoms with Gasteiger partial charge in [0.15, 0.2) is 0 Å². The van der Waals surface area contributed by atoms with Crippen molar-refractivity contribution in [1.82, 2.24) is 10.9 Å². The van der Waals surface area contributed by atoms with E-state index in [1.54, 1.807) is 0 Å². The van der Waals surface area contributed by atoms with E-state index >= 15 is 0 Å². The number of hydrogen-bond acceptors (Lipinski definition) is 3. The van der Waals surface area contributed by atoms with E-state index in [2.05, 4.69) is 23.0 Å². The van der Waals surface area contributed by atoms with Crippen molar-refractivity contribution in [3.63, 3.8) is 0 Å². The fourth-order valence-corrected chi connectivity index (χ4v) is 2.66. The van der Waals surface area contributed by atoms with Crippen LogP contribution in [0.15, 0.2) is 42.5 Å². The summed E-state index contributed by atoms with van der Waals surface area (Å²) in [5.41, 5.74) is 13.9. The summed E-state index contributed by atoms with van der Waals surface area (Å²) in [6.07, 6.45) is 3.56. The number of benzene rings is 2. The van der Waals surface area contributed by atoms with Crippen molar-refractivity contribution in [3.05, 3.63) is 59.2 Å². The molecule has 2 aromatic carbocycles. The van der Waals surface area contributed by atoms with Crippen LogP contribution in [-0.4, -0.2) is 6.03 Å². The van der Waals surface area contributed by atoms with Gasteiger partial charge in [0.2, 0.25) is 0 Å². The second kappa shape index (κ2) is 6.49. The molecule has 0 heterocycles. The molecule has 1 aliphatic carbocycles. The van der Waals surface area contributed by atoms with E-state index in [1.807, 2.05) is 30.3 Å². The van der Waals surface area contributed by atoms with Crippen LogP contribution in [0.4, 0.5) is 4.79 Å². The number of hydrogen-bond donors (Lipinski definition) is 3. The van der Waals surface area contributed by atoms with Crippen molar-refractivity contribution in [1.29, 1.82) is 0 Å². The summed E-state index contributed by atoms with van der Waals surface area (Å²) in [7, 11) is 0. The van der Waals surface area contributed by atoms with Gasteiger partial charge in [-0.05, 0) is 60.2 Å². The molecule has 114 valence electrons. The molecule has 0 radical (unpaired) electrons. The number of nitrogens with one attached hydrogen (secondary N) is 2. The first kappa shape index (κ1) is 14.4. The molecule has 0 saturated carbocycles. The molecule has 0 spiro atoms. The smallest absolute Gasteiger partial charge is 0.326 e. The van der Waals surface area contributed by atoms with Crippen molar-refractivity contribution >= 4 is 6.03 Å². The third kappa shape index (κ3) is 3.56. The van der Waals surface area contributed by atoms with Crippen LogP contribution in [0.2, 0.25) is 0 Å². The Balaban J connectivity index is 1.60. The van der Waals surface area contributed by atoms with Crippen molar-refractivity contribution in [2.45, 2.75) is 25.8 Å². The van der Waals surface area contributed by atoms with Gasteiger partial charge >= 0.3 is 6.03 Å². The fourth-order valence-electron chi connectivity index (χ4n) is 2.66. The lowest BCUT2D eigenvalue weighted by atomic mass is 10.1. The minimum absolute atomic E-state index is 0.502. The molecule has 0 unspecified atom stereocenters. The van der Waals surface area contributed by atoms with Crippen molar-refractivity contribution in [3.8, 4) is 11.5 Å². The van der Waals surface area contributed by atoms with Gasteiger partial charge < -0.3 is 10.5 Å². The number of carbonyl (C=O) groups excluding carboxylic acids is 1. The van der Waals surface area contributed by atoms with Crippen LogP contribution >= 0.6 is 0 Å².